The highest BCUT2D eigenvalue weighted by Gasteiger charge is 2.27. The predicted molar refractivity (Wildman–Crippen MR) is 84.7 cm³/mol. The Bertz CT molecular complexity index is 835. The van der Waals surface area contributed by atoms with Crippen LogP contribution in [0.4, 0.5) is 8.78 Å². The van der Waals surface area contributed by atoms with E-state index in [0.717, 1.165) is 23.9 Å². The first-order chi connectivity index (χ1) is 11.0. The predicted octanol–water partition coefficient (Wildman–Crippen LogP) is 3.40. The van der Waals surface area contributed by atoms with Gasteiger partial charge < -0.3 is 10.0 Å². The minimum absolute atomic E-state index is 0.0916. The number of hydrogen-bond acceptors (Lipinski definition) is 4. The van der Waals surface area contributed by atoms with E-state index in [4.69, 9.17) is 0 Å². The Hall–Kier alpha value is -2.28. The molecule has 0 radical (unpaired) electrons. The second-order valence-corrected chi connectivity index (χ2v) is 6.16. The van der Waals surface area contributed by atoms with Gasteiger partial charge in [-0.25, -0.2) is 8.78 Å². The topological polar surface area (TPSA) is 45.5 Å². The van der Waals surface area contributed by atoms with Crippen LogP contribution in [0.25, 0.3) is 0 Å². The van der Waals surface area contributed by atoms with E-state index < -0.39 is 11.6 Å². The Morgan fingerprint density at radius 3 is 2.70 bits per heavy atom. The fraction of sp³-hybridized carbons (Fsp3) is 0.188. The van der Waals surface area contributed by atoms with Gasteiger partial charge in [-0.2, -0.15) is 0 Å². The van der Waals surface area contributed by atoms with Gasteiger partial charge in [-0.15, -0.1) is 0 Å². The molecule has 0 saturated heterocycles. The lowest BCUT2D eigenvalue weighted by molar-refractivity contribution is 0.263. The molecule has 1 aromatic heterocycles. The van der Waals surface area contributed by atoms with Crippen LogP contribution in [0.5, 0.6) is 5.75 Å². The Balaban J connectivity index is 1.90. The zero-order chi connectivity index (χ0) is 16.6. The van der Waals surface area contributed by atoms with Crippen LogP contribution in [0.3, 0.4) is 0 Å². The minimum Gasteiger partial charge on any atom is -0.508 e. The smallest absolute Gasteiger partial charge is 0.256 e. The normalized spacial score (nSPS) is 17.4. The number of rotatable bonds is 3. The summed E-state index contributed by atoms with van der Waals surface area (Å²) in [6.45, 7) is 2.23. The minimum atomic E-state index is -0.894. The van der Waals surface area contributed by atoms with Crippen molar-refractivity contribution in [3.8, 4) is 5.75 Å². The van der Waals surface area contributed by atoms with Gasteiger partial charge >= 0.3 is 0 Å². The number of thioether (sulfide) groups is 1. The first kappa shape index (κ1) is 15.6. The van der Waals surface area contributed by atoms with E-state index >= 15 is 0 Å². The highest BCUT2D eigenvalue weighted by molar-refractivity contribution is 8.02. The number of aromatic nitrogens is 1. The molecule has 2 heterocycles. The van der Waals surface area contributed by atoms with Crippen LogP contribution in [-0.2, 0) is 6.54 Å². The molecule has 0 saturated carbocycles. The maximum absolute atomic E-state index is 13.4. The first-order valence-corrected chi connectivity index (χ1v) is 7.84. The molecule has 1 aliphatic rings. The summed E-state index contributed by atoms with van der Waals surface area (Å²) in [5.74, 6) is -1.87. The summed E-state index contributed by atoms with van der Waals surface area (Å²) < 4.78 is 27.9. The number of pyridine rings is 1. The number of nitrogens with zero attached hydrogens (tertiary/aromatic N) is 2. The van der Waals surface area contributed by atoms with E-state index in [-0.39, 0.29) is 16.8 Å². The van der Waals surface area contributed by atoms with Gasteiger partial charge in [0.15, 0.2) is 17.1 Å². The fourth-order valence-electron chi connectivity index (χ4n) is 2.39. The van der Waals surface area contributed by atoms with Crippen LogP contribution in [-0.4, -0.2) is 14.6 Å². The average Bonchev–Trinajstić information content (AvgIpc) is 2.84. The maximum atomic E-state index is 13.4. The molecule has 3 rings (SSSR count). The molecule has 0 bridgehead atoms. The van der Waals surface area contributed by atoms with Crippen LogP contribution in [0.15, 0.2) is 52.4 Å². The van der Waals surface area contributed by atoms with Crippen LogP contribution >= 0.6 is 11.8 Å². The Labute approximate surface area is 135 Å². The van der Waals surface area contributed by atoms with Crippen molar-refractivity contribution in [3.63, 3.8) is 0 Å². The Morgan fingerprint density at radius 1 is 1.22 bits per heavy atom. The van der Waals surface area contributed by atoms with Crippen molar-refractivity contribution in [2.24, 2.45) is 0 Å². The van der Waals surface area contributed by atoms with Gasteiger partial charge in [0.25, 0.3) is 5.56 Å². The van der Waals surface area contributed by atoms with Gasteiger partial charge in [-0.1, -0.05) is 17.8 Å². The zero-order valence-corrected chi connectivity index (χ0v) is 13.1. The van der Waals surface area contributed by atoms with Gasteiger partial charge in [-0.3, -0.25) is 9.36 Å². The summed E-state index contributed by atoms with van der Waals surface area (Å²) in [5.41, 5.74) is 0.859. The van der Waals surface area contributed by atoms with Crippen molar-refractivity contribution in [3.05, 3.63) is 75.2 Å². The molecule has 4 nitrogen and oxygen atoms in total. The lowest BCUT2D eigenvalue weighted by Gasteiger charge is -2.29. The quantitative estimate of drug-likeness (QED) is 0.933. The number of benzene rings is 1. The summed E-state index contributed by atoms with van der Waals surface area (Å²) in [7, 11) is 0. The van der Waals surface area contributed by atoms with Crippen LogP contribution in [0, 0.1) is 11.6 Å². The Kier molecular flexibility index (Phi) is 4.12. The van der Waals surface area contributed by atoms with E-state index in [2.05, 4.69) is 0 Å². The number of aromatic hydroxyl groups is 1. The lowest BCUT2D eigenvalue weighted by Crippen LogP contribution is -2.31. The summed E-state index contributed by atoms with van der Waals surface area (Å²) in [5, 5.41) is 11.3. The molecule has 0 spiro atoms. The highest BCUT2D eigenvalue weighted by Crippen LogP contribution is 2.39. The third kappa shape index (κ3) is 3.10. The number of hydrogen-bond donors (Lipinski definition) is 1. The van der Waals surface area contributed by atoms with Crippen LogP contribution in [0.2, 0.25) is 0 Å². The second-order valence-electron chi connectivity index (χ2n) is 5.23. The van der Waals surface area contributed by atoms with Crippen molar-refractivity contribution in [2.45, 2.75) is 19.0 Å². The molecule has 23 heavy (non-hydrogen) atoms. The molecule has 120 valence electrons. The van der Waals surface area contributed by atoms with Crippen molar-refractivity contribution in [2.75, 3.05) is 0 Å². The summed E-state index contributed by atoms with van der Waals surface area (Å²) in [6, 6.07) is 6.34. The van der Waals surface area contributed by atoms with E-state index in [1.807, 2.05) is 17.2 Å². The lowest BCUT2D eigenvalue weighted by atomic mass is 10.2. The third-order valence-corrected chi connectivity index (χ3v) is 4.79. The monoisotopic (exact) mass is 336 g/mol. The summed E-state index contributed by atoms with van der Waals surface area (Å²) >= 11 is 1.44. The van der Waals surface area contributed by atoms with E-state index in [1.54, 1.807) is 0 Å². The standard InChI is InChI=1S/C16H14F2N2O2S/c1-10-9-23-16(19-5-4-12(21)7-15(19)22)20(10)8-11-2-3-13(17)14(18)6-11/h2-7,9,16,21H,8H2,1H3. The molecule has 7 heteroatoms. The van der Waals surface area contributed by atoms with Gasteiger partial charge in [0.05, 0.1) is 0 Å². The van der Waals surface area contributed by atoms with Gasteiger partial charge in [0.1, 0.15) is 5.75 Å². The van der Waals surface area contributed by atoms with Crippen molar-refractivity contribution in [1.29, 1.82) is 0 Å². The third-order valence-electron chi connectivity index (χ3n) is 3.59. The molecular formula is C16H14F2N2O2S. The molecule has 0 fully saturated rings. The SMILES string of the molecule is CC1=CSC(n2ccc(O)cc2=O)N1Cc1ccc(F)c(F)c1. The number of halogens is 2. The van der Waals surface area contributed by atoms with Crippen molar-refractivity contribution < 1.29 is 13.9 Å². The van der Waals surface area contributed by atoms with E-state index in [9.17, 15) is 18.7 Å². The van der Waals surface area contributed by atoms with Crippen LogP contribution in [0.1, 0.15) is 18.0 Å². The second kappa shape index (κ2) is 6.08. The van der Waals surface area contributed by atoms with Crippen LogP contribution < -0.4 is 5.56 Å². The van der Waals surface area contributed by atoms with Gasteiger partial charge in [0.2, 0.25) is 0 Å². The van der Waals surface area contributed by atoms with Gasteiger partial charge in [-0.05, 0) is 36.1 Å². The molecule has 1 aromatic carbocycles. The summed E-state index contributed by atoms with van der Waals surface area (Å²) in [6.07, 6.45) is 1.51. The number of allylic oxidation sites excluding steroid dienone is 1. The molecule has 1 N–H and O–H groups in total. The Morgan fingerprint density at radius 2 is 2.00 bits per heavy atom. The first-order valence-electron chi connectivity index (χ1n) is 6.89. The average molecular weight is 336 g/mol. The van der Waals surface area contributed by atoms with E-state index in [1.165, 1.54) is 34.7 Å². The van der Waals surface area contributed by atoms with Gasteiger partial charge in [0, 0.05) is 24.5 Å². The molecule has 0 aliphatic carbocycles. The molecular weight excluding hydrogens is 322 g/mol. The molecule has 1 atom stereocenters. The summed E-state index contributed by atoms with van der Waals surface area (Å²) in [4.78, 5) is 14.0. The zero-order valence-electron chi connectivity index (χ0n) is 12.2. The molecule has 0 amide bonds. The van der Waals surface area contributed by atoms with Crippen molar-refractivity contribution >= 4 is 11.8 Å². The molecule has 2 aromatic rings. The van der Waals surface area contributed by atoms with Crippen molar-refractivity contribution in [1.82, 2.24) is 9.47 Å². The molecule has 1 unspecified atom stereocenters. The maximum Gasteiger partial charge on any atom is 0.256 e. The van der Waals surface area contributed by atoms with E-state index in [0.29, 0.717) is 12.1 Å². The highest BCUT2D eigenvalue weighted by atomic mass is 32.2. The molecule has 1 aliphatic heterocycles. The fourth-order valence-corrected chi connectivity index (χ4v) is 3.54. The largest absolute Gasteiger partial charge is 0.508 e.